The van der Waals surface area contributed by atoms with Crippen LogP contribution in [-0.2, 0) is 17.5 Å². The zero-order valence-electron chi connectivity index (χ0n) is 18.4. The van der Waals surface area contributed by atoms with E-state index in [2.05, 4.69) is 5.32 Å². The highest BCUT2D eigenvalue weighted by molar-refractivity contribution is 6.12. The number of amides is 1. The number of aromatic nitrogens is 1. The molecule has 4 rings (SSSR count). The van der Waals surface area contributed by atoms with E-state index >= 15 is 0 Å². The summed E-state index contributed by atoms with van der Waals surface area (Å²) in [6.45, 7) is -0.316. The van der Waals surface area contributed by atoms with Crippen molar-refractivity contribution in [2.45, 2.75) is 19.1 Å². The van der Waals surface area contributed by atoms with Crippen LogP contribution in [0, 0.1) is 5.82 Å². The molecule has 0 fully saturated rings. The van der Waals surface area contributed by atoms with Crippen LogP contribution in [0.25, 0.3) is 22.4 Å². The van der Waals surface area contributed by atoms with Crippen molar-refractivity contribution in [2.24, 2.45) is 0 Å². The fraction of sp³-hybridized carbons (Fsp3) is 0.111. The standard InChI is InChI=1S/C27H20F4N2O2/c28-20-14-12-19(13-15-20)24-22(18-8-3-1-4-9-18)23(26(35)32-21-10-5-2-6-11-21)25(27(29,30)31)33(24)16-7-17-34/h1-6,8-15,17H,7,16H2,(H,32,35). The van der Waals surface area contributed by atoms with E-state index in [-0.39, 0.29) is 29.8 Å². The Labute approximate surface area is 198 Å². The molecular formula is C27H20F4N2O2. The van der Waals surface area contributed by atoms with Crippen LogP contribution in [0.2, 0.25) is 0 Å². The summed E-state index contributed by atoms with van der Waals surface area (Å²) in [7, 11) is 0. The number of aldehydes is 1. The number of carbonyl (C=O) groups excluding carboxylic acids is 2. The topological polar surface area (TPSA) is 51.1 Å². The first kappa shape index (κ1) is 23.9. The lowest BCUT2D eigenvalue weighted by atomic mass is 9.96. The molecule has 0 radical (unpaired) electrons. The maximum absolute atomic E-state index is 14.6. The van der Waals surface area contributed by atoms with E-state index in [4.69, 9.17) is 0 Å². The molecule has 1 heterocycles. The Morgan fingerprint density at radius 1 is 0.857 bits per heavy atom. The van der Waals surface area contributed by atoms with Crippen molar-refractivity contribution in [3.63, 3.8) is 0 Å². The average molecular weight is 480 g/mol. The van der Waals surface area contributed by atoms with Crippen LogP contribution in [-0.4, -0.2) is 16.8 Å². The van der Waals surface area contributed by atoms with Crippen LogP contribution in [0.1, 0.15) is 22.5 Å². The Bertz CT molecular complexity index is 1330. The van der Waals surface area contributed by atoms with Gasteiger partial charge in [-0.25, -0.2) is 4.39 Å². The summed E-state index contributed by atoms with van der Waals surface area (Å²) in [4.78, 5) is 24.6. The van der Waals surface area contributed by atoms with Gasteiger partial charge in [0, 0.05) is 24.2 Å². The molecule has 0 bridgehead atoms. The first-order valence-corrected chi connectivity index (χ1v) is 10.8. The van der Waals surface area contributed by atoms with E-state index in [1.165, 1.54) is 12.1 Å². The lowest BCUT2D eigenvalue weighted by Crippen LogP contribution is -2.21. The summed E-state index contributed by atoms with van der Waals surface area (Å²) in [6, 6.07) is 21.4. The molecule has 4 aromatic rings. The third kappa shape index (κ3) is 5.01. The van der Waals surface area contributed by atoms with Gasteiger partial charge in [-0.15, -0.1) is 0 Å². The molecule has 8 heteroatoms. The summed E-state index contributed by atoms with van der Waals surface area (Å²) < 4.78 is 58.3. The van der Waals surface area contributed by atoms with Gasteiger partial charge in [0.25, 0.3) is 5.91 Å². The van der Waals surface area contributed by atoms with Crippen LogP contribution in [0.5, 0.6) is 0 Å². The molecule has 35 heavy (non-hydrogen) atoms. The van der Waals surface area contributed by atoms with Crippen LogP contribution in [0.15, 0.2) is 84.9 Å². The number of hydrogen-bond donors (Lipinski definition) is 1. The van der Waals surface area contributed by atoms with Crippen molar-refractivity contribution in [3.8, 4) is 22.4 Å². The number of alkyl halides is 3. The molecule has 0 saturated heterocycles. The number of nitrogens with one attached hydrogen (secondary N) is 1. The van der Waals surface area contributed by atoms with Gasteiger partial charge in [0.05, 0.1) is 11.3 Å². The lowest BCUT2D eigenvalue weighted by molar-refractivity contribution is -0.143. The van der Waals surface area contributed by atoms with Crippen LogP contribution < -0.4 is 5.32 Å². The first-order chi connectivity index (χ1) is 16.8. The van der Waals surface area contributed by atoms with Gasteiger partial charge in [-0.3, -0.25) is 4.79 Å². The fourth-order valence-corrected chi connectivity index (χ4v) is 4.05. The Morgan fingerprint density at radius 3 is 2.03 bits per heavy atom. The number of benzene rings is 3. The Balaban J connectivity index is 2.08. The molecule has 0 aliphatic carbocycles. The highest BCUT2D eigenvalue weighted by Crippen LogP contribution is 2.45. The molecule has 0 atom stereocenters. The first-order valence-electron chi connectivity index (χ1n) is 10.8. The van der Waals surface area contributed by atoms with Gasteiger partial charge in [0.15, 0.2) is 0 Å². The maximum atomic E-state index is 14.6. The number of para-hydroxylation sites is 1. The Kier molecular flexibility index (Phi) is 6.82. The summed E-state index contributed by atoms with van der Waals surface area (Å²) in [5, 5.41) is 2.56. The lowest BCUT2D eigenvalue weighted by Gasteiger charge is -2.16. The second-order valence-corrected chi connectivity index (χ2v) is 7.75. The Hall–Kier alpha value is -4.20. The smallest absolute Gasteiger partial charge is 0.335 e. The highest BCUT2D eigenvalue weighted by Gasteiger charge is 2.43. The number of carbonyl (C=O) groups is 2. The molecule has 0 saturated carbocycles. The zero-order chi connectivity index (χ0) is 25.0. The predicted molar refractivity (Wildman–Crippen MR) is 125 cm³/mol. The molecule has 1 amide bonds. The van der Waals surface area contributed by atoms with E-state index in [0.717, 1.165) is 16.7 Å². The van der Waals surface area contributed by atoms with Gasteiger partial charge >= 0.3 is 6.18 Å². The molecule has 4 nitrogen and oxygen atoms in total. The number of anilines is 1. The van der Waals surface area contributed by atoms with Crippen molar-refractivity contribution in [1.82, 2.24) is 4.57 Å². The summed E-state index contributed by atoms with van der Waals surface area (Å²) >= 11 is 0. The monoisotopic (exact) mass is 480 g/mol. The van der Waals surface area contributed by atoms with Crippen molar-refractivity contribution in [2.75, 3.05) is 5.32 Å². The highest BCUT2D eigenvalue weighted by atomic mass is 19.4. The largest absolute Gasteiger partial charge is 0.432 e. The minimum Gasteiger partial charge on any atom is -0.335 e. The van der Waals surface area contributed by atoms with Gasteiger partial charge in [0.2, 0.25) is 0 Å². The normalized spacial score (nSPS) is 11.3. The fourth-order valence-electron chi connectivity index (χ4n) is 4.05. The second-order valence-electron chi connectivity index (χ2n) is 7.75. The van der Waals surface area contributed by atoms with E-state index in [1.54, 1.807) is 60.7 Å². The molecule has 0 unspecified atom stereocenters. The number of nitrogens with zero attached hydrogens (tertiary/aromatic N) is 1. The van der Waals surface area contributed by atoms with E-state index in [1.807, 2.05) is 0 Å². The number of hydrogen-bond acceptors (Lipinski definition) is 2. The molecular weight excluding hydrogens is 460 g/mol. The SMILES string of the molecule is O=CCCn1c(-c2ccc(F)cc2)c(-c2ccccc2)c(C(=O)Nc2ccccc2)c1C(F)(F)F. The third-order valence-electron chi connectivity index (χ3n) is 5.44. The molecule has 0 aliphatic heterocycles. The molecule has 1 N–H and O–H groups in total. The van der Waals surface area contributed by atoms with Gasteiger partial charge in [-0.2, -0.15) is 13.2 Å². The molecule has 178 valence electrons. The van der Waals surface area contributed by atoms with Gasteiger partial charge in [-0.05, 0) is 47.5 Å². The number of rotatable bonds is 7. The van der Waals surface area contributed by atoms with E-state index < -0.39 is 29.2 Å². The van der Waals surface area contributed by atoms with E-state index in [9.17, 15) is 27.2 Å². The third-order valence-corrected chi connectivity index (χ3v) is 5.44. The second kappa shape index (κ2) is 9.97. The zero-order valence-corrected chi connectivity index (χ0v) is 18.4. The molecule has 0 aliphatic rings. The van der Waals surface area contributed by atoms with Gasteiger partial charge in [-0.1, -0.05) is 48.5 Å². The summed E-state index contributed by atoms with van der Waals surface area (Å²) in [5.41, 5.74) is -0.648. The molecule has 0 spiro atoms. The predicted octanol–water partition coefficient (Wildman–Crippen LogP) is 6.82. The summed E-state index contributed by atoms with van der Waals surface area (Å²) in [6.07, 6.45) is -4.62. The van der Waals surface area contributed by atoms with Crippen molar-refractivity contribution < 1.29 is 27.2 Å². The van der Waals surface area contributed by atoms with Crippen molar-refractivity contribution >= 4 is 17.9 Å². The van der Waals surface area contributed by atoms with Crippen molar-refractivity contribution in [3.05, 3.63) is 102 Å². The quantitative estimate of drug-likeness (QED) is 0.233. The van der Waals surface area contributed by atoms with Gasteiger partial charge < -0.3 is 14.7 Å². The average Bonchev–Trinajstić information content (AvgIpc) is 3.20. The minimum atomic E-state index is -4.92. The van der Waals surface area contributed by atoms with Crippen LogP contribution >= 0.6 is 0 Å². The minimum absolute atomic E-state index is 0.0452. The van der Waals surface area contributed by atoms with Crippen molar-refractivity contribution in [1.29, 1.82) is 0 Å². The molecule has 1 aromatic heterocycles. The number of halogens is 4. The van der Waals surface area contributed by atoms with Crippen LogP contribution in [0.4, 0.5) is 23.2 Å². The molecule has 3 aromatic carbocycles. The summed E-state index contributed by atoms with van der Waals surface area (Å²) in [5.74, 6) is -1.50. The van der Waals surface area contributed by atoms with E-state index in [0.29, 0.717) is 17.5 Å². The maximum Gasteiger partial charge on any atom is 0.432 e. The van der Waals surface area contributed by atoms with Gasteiger partial charge in [0.1, 0.15) is 17.8 Å². The Morgan fingerprint density at radius 2 is 1.46 bits per heavy atom. The van der Waals surface area contributed by atoms with Crippen LogP contribution in [0.3, 0.4) is 0 Å².